The van der Waals surface area contributed by atoms with E-state index in [9.17, 15) is 0 Å². The normalized spacial score (nSPS) is 15.4. The minimum Gasteiger partial charge on any atom is -0.410 e. The number of nitrogens with two attached hydrogens (primary N) is 1. The molecule has 0 rings (SSSR count). The lowest BCUT2D eigenvalue weighted by molar-refractivity contribution is -0.145. The summed E-state index contributed by atoms with van der Waals surface area (Å²) in [5, 5.41) is 0.168. The van der Waals surface area contributed by atoms with E-state index in [0.717, 1.165) is 32.5 Å². The van der Waals surface area contributed by atoms with Crippen LogP contribution in [-0.4, -0.2) is 53.7 Å². The van der Waals surface area contributed by atoms with Gasteiger partial charge in [-0.05, 0) is 44.3 Å². The Morgan fingerprint density at radius 2 is 1.56 bits per heavy atom. The molecule has 2 N–H and O–H groups in total. The molecule has 0 saturated carbocycles. The van der Waals surface area contributed by atoms with Crippen molar-refractivity contribution in [3.63, 3.8) is 0 Å². The molecule has 0 bridgehead atoms. The van der Waals surface area contributed by atoms with E-state index in [2.05, 4.69) is 40.8 Å². The standard InChI is InChI=1S/C19H43NO4Si/c1-8-9-12-21-13-10-11-14-22-17(2)23-16-18(15-20)24-25(6,7)19(3,4)5/h17-18H,8-16,20H2,1-7H3. The smallest absolute Gasteiger partial charge is 0.192 e. The molecule has 0 spiro atoms. The molecule has 6 heteroatoms. The van der Waals surface area contributed by atoms with Crippen molar-refractivity contribution in [3.8, 4) is 0 Å². The Hall–Kier alpha value is 0.0169. The highest BCUT2D eigenvalue weighted by Gasteiger charge is 2.39. The third kappa shape index (κ3) is 12.1. The molecule has 5 nitrogen and oxygen atoms in total. The summed E-state index contributed by atoms with van der Waals surface area (Å²) in [6.45, 7) is 18.6. The minimum atomic E-state index is -1.83. The molecule has 0 saturated heterocycles. The molecule has 25 heavy (non-hydrogen) atoms. The van der Waals surface area contributed by atoms with Gasteiger partial charge in [0.25, 0.3) is 0 Å². The lowest BCUT2D eigenvalue weighted by Gasteiger charge is -2.39. The average molecular weight is 378 g/mol. The Labute approximate surface area is 157 Å². The molecule has 0 fully saturated rings. The zero-order chi connectivity index (χ0) is 19.3. The molecule has 0 aliphatic heterocycles. The molecule has 0 aromatic carbocycles. The third-order valence-corrected chi connectivity index (χ3v) is 9.26. The van der Waals surface area contributed by atoms with E-state index < -0.39 is 8.32 Å². The summed E-state index contributed by atoms with van der Waals surface area (Å²) >= 11 is 0. The van der Waals surface area contributed by atoms with Gasteiger partial charge in [0.05, 0.1) is 12.7 Å². The van der Waals surface area contributed by atoms with E-state index in [1.54, 1.807) is 0 Å². The second-order valence-corrected chi connectivity index (χ2v) is 12.9. The molecule has 0 amide bonds. The molecule has 0 aromatic heterocycles. The molecule has 0 aliphatic rings. The van der Waals surface area contributed by atoms with Gasteiger partial charge in [-0.15, -0.1) is 0 Å². The lowest BCUT2D eigenvalue weighted by atomic mass is 10.2. The van der Waals surface area contributed by atoms with Crippen LogP contribution >= 0.6 is 0 Å². The first-order valence-electron chi connectivity index (χ1n) is 9.83. The zero-order valence-corrected chi connectivity index (χ0v) is 18.7. The molecule has 0 aromatic rings. The highest BCUT2D eigenvalue weighted by molar-refractivity contribution is 6.74. The highest BCUT2D eigenvalue weighted by atomic mass is 28.4. The Morgan fingerprint density at radius 1 is 0.960 bits per heavy atom. The minimum absolute atomic E-state index is 0.0705. The van der Waals surface area contributed by atoms with Crippen molar-refractivity contribution in [1.29, 1.82) is 0 Å². The van der Waals surface area contributed by atoms with Gasteiger partial charge in [-0.3, -0.25) is 0 Å². The number of rotatable bonds is 15. The maximum atomic E-state index is 6.31. The third-order valence-electron chi connectivity index (χ3n) is 4.72. The van der Waals surface area contributed by atoms with Crippen LogP contribution in [0.25, 0.3) is 0 Å². The SMILES string of the molecule is CCCCOCCCCOC(C)OCC(CN)O[Si](C)(C)C(C)(C)C. The summed E-state index contributed by atoms with van der Waals surface area (Å²) in [4.78, 5) is 0. The monoisotopic (exact) mass is 377 g/mol. The van der Waals surface area contributed by atoms with Crippen molar-refractivity contribution in [2.45, 2.75) is 90.8 Å². The van der Waals surface area contributed by atoms with Crippen molar-refractivity contribution >= 4 is 8.32 Å². The largest absolute Gasteiger partial charge is 0.410 e. The van der Waals surface area contributed by atoms with Gasteiger partial charge in [-0.2, -0.15) is 0 Å². The molecule has 0 aliphatic carbocycles. The van der Waals surface area contributed by atoms with Crippen LogP contribution in [0.2, 0.25) is 18.1 Å². The van der Waals surface area contributed by atoms with Crippen LogP contribution in [0.5, 0.6) is 0 Å². The molecule has 2 unspecified atom stereocenters. The Morgan fingerprint density at radius 3 is 2.12 bits per heavy atom. The van der Waals surface area contributed by atoms with E-state index in [0.29, 0.717) is 19.8 Å². The quantitative estimate of drug-likeness (QED) is 0.262. The van der Waals surface area contributed by atoms with Crippen molar-refractivity contribution in [1.82, 2.24) is 0 Å². The summed E-state index contributed by atoms with van der Waals surface area (Å²) < 4.78 is 23.3. The predicted molar refractivity (Wildman–Crippen MR) is 107 cm³/mol. The van der Waals surface area contributed by atoms with Gasteiger partial charge in [0.2, 0.25) is 0 Å². The Bertz CT molecular complexity index is 321. The number of hydrogen-bond donors (Lipinski definition) is 1. The molecule has 0 radical (unpaired) electrons. The van der Waals surface area contributed by atoms with E-state index in [1.807, 2.05) is 6.92 Å². The van der Waals surface area contributed by atoms with Crippen molar-refractivity contribution < 1.29 is 18.6 Å². The van der Waals surface area contributed by atoms with Crippen molar-refractivity contribution in [2.24, 2.45) is 5.73 Å². The van der Waals surface area contributed by atoms with E-state index in [4.69, 9.17) is 24.4 Å². The first kappa shape index (κ1) is 25.0. The van der Waals surface area contributed by atoms with Crippen LogP contribution in [0.3, 0.4) is 0 Å². The molecule has 2 atom stereocenters. The average Bonchev–Trinajstić information content (AvgIpc) is 2.52. The second kappa shape index (κ2) is 13.2. The van der Waals surface area contributed by atoms with Crippen molar-refractivity contribution in [2.75, 3.05) is 33.0 Å². The molecular formula is C19H43NO4Si. The van der Waals surface area contributed by atoms with E-state index in [-0.39, 0.29) is 17.4 Å². The van der Waals surface area contributed by atoms with E-state index >= 15 is 0 Å². The van der Waals surface area contributed by atoms with Gasteiger partial charge < -0.3 is 24.4 Å². The highest BCUT2D eigenvalue weighted by Crippen LogP contribution is 2.37. The zero-order valence-electron chi connectivity index (χ0n) is 17.7. The van der Waals surface area contributed by atoms with Gasteiger partial charge >= 0.3 is 0 Å². The van der Waals surface area contributed by atoms with Gasteiger partial charge in [-0.25, -0.2) is 0 Å². The maximum absolute atomic E-state index is 6.31. The number of unbranched alkanes of at least 4 members (excludes halogenated alkanes) is 2. The Kier molecular flexibility index (Phi) is 13.2. The lowest BCUT2D eigenvalue weighted by Crippen LogP contribution is -2.47. The van der Waals surface area contributed by atoms with Gasteiger partial charge in [0.1, 0.15) is 0 Å². The van der Waals surface area contributed by atoms with Crippen LogP contribution in [0, 0.1) is 0 Å². The fourth-order valence-corrected chi connectivity index (χ4v) is 3.29. The van der Waals surface area contributed by atoms with Crippen molar-refractivity contribution in [3.05, 3.63) is 0 Å². The molecule has 0 heterocycles. The van der Waals surface area contributed by atoms with Crippen LogP contribution in [0.4, 0.5) is 0 Å². The van der Waals surface area contributed by atoms with Crippen LogP contribution < -0.4 is 5.73 Å². The maximum Gasteiger partial charge on any atom is 0.192 e. The summed E-state index contributed by atoms with van der Waals surface area (Å²) in [5.74, 6) is 0. The fraction of sp³-hybridized carbons (Fsp3) is 1.00. The van der Waals surface area contributed by atoms with Crippen LogP contribution in [-0.2, 0) is 18.6 Å². The summed E-state index contributed by atoms with van der Waals surface area (Å²) in [6, 6.07) is 0. The predicted octanol–water partition coefficient (Wildman–Crippen LogP) is 4.31. The van der Waals surface area contributed by atoms with Crippen LogP contribution in [0.1, 0.15) is 60.3 Å². The molecular weight excluding hydrogens is 334 g/mol. The fourth-order valence-electron chi connectivity index (χ4n) is 1.94. The van der Waals surface area contributed by atoms with E-state index in [1.165, 1.54) is 6.42 Å². The summed E-state index contributed by atoms with van der Waals surface area (Å²) in [5.41, 5.74) is 5.86. The first-order chi connectivity index (χ1) is 11.6. The second-order valence-electron chi connectivity index (χ2n) is 8.18. The Balaban J connectivity index is 3.86. The van der Waals surface area contributed by atoms with Crippen LogP contribution in [0.15, 0.2) is 0 Å². The molecule has 152 valence electrons. The first-order valence-corrected chi connectivity index (χ1v) is 12.7. The van der Waals surface area contributed by atoms with Gasteiger partial charge in [0, 0.05) is 26.4 Å². The van der Waals surface area contributed by atoms with Gasteiger partial charge in [-0.1, -0.05) is 34.1 Å². The van der Waals surface area contributed by atoms with Gasteiger partial charge in [0.15, 0.2) is 14.6 Å². The number of hydrogen-bond acceptors (Lipinski definition) is 5. The summed E-state index contributed by atoms with van der Waals surface area (Å²) in [7, 11) is -1.83. The topological polar surface area (TPSA) is 62.9 Å². The number of ether oxygens (including phenoxy) is 3. The summed E-state index contributed by atoms with van der Waals surface area (Å²) in [6.07, 6.45) is 4.02.